The van der Waals surface area contributed by atoms with Crippen LogP contribution in [0.1, 0.15) is 23.6 Å². The molecule has 1 saturated heterocycles. The molecule has 8 heteroatoms. The fraction of sp³-hybridized carbons (Fsp3) is 0.242. The van der Waals surface area contributed by atoms with Crippen molar-refractivity contribution < 1.29 is 9.53 Å². The molecule has 0 aliphatic carbocycles. The lowest BCUT2D eigenvalue weighted by Gasteiger charge is -2.35. The summed E-state index contributed by atoms with van der Waals surface area (Å²) in [6.07, 6.45) is 5.00. The Bertz CT molecular complexity index is 1640. The van der Waals surface area contributed by atoms with Crippen molar-refractivity contribution in [3.8, 4) is 22.7 Å². The number of hydrogen-bond donors (Lipinski definition) is 0. The molecule has 7 rings (SSSR count). The molecule has 7 nitrogen and oxygen atoms in total. The number of amidine groups is 1. The van der Waals surface area contributed by atoms with Gasteiger partial charge >= 0.3 is 0 Å². The summed E-state index contributed by atoms with van der Waals surface area (Å²) in [5.74, 6) is 0.749. The van der Waals surface area contributed by atoms with Crippen molar-refractivity contribution in [3.05, 3.63) is 107 Å². The van der Waals surface area contributed by atoms with Crippen LogP contribution in [0.5, 0.6) is 5.75 Å². The van der Waals surface area contributed by atoms with E-state index in [1.54, 1.807) is 0 Å². The predicted molar refractivity (Wildman–Crippen MR) is 164 cm³/mol. The number of nitrogens with zero attached hydrogens (tertiary/aromatic N) is 5. The number of aliphatic imine (C=N–C) groups is 1. The third-order valence-electron chi connectivity index (χ3n) is 7.72. The molecular formula is C33H31N5O2S. The molecule has 1 aromatic heterocycles. The molecule has 4 aromatic rings. The van der Waals surface area contributed by atoms with E-state index in [9.17, 15) is 4.79 Å². The Labute approximate surface area is 244 Å². The lowest BCUT2D eigenvalue weighted by atomic mass is 10.0. The number of hydrogen-bond acceptors (Lipinski definition) is 6. The fourth-order valence-corrected chi connectivity index (χ4v) is 6.57. The maximum absolute atomic E-state index is 13.1. The Hall–Kier alpha value is -4.14. The first kappa shape index (κ1) is 25.8. The van der Waals surface area contributed by atoms with Gasteiger partial charge in [-0.05, 0) is 66.2 Å². The van der Waals surface area contributed by atoms with Gasteiger partial charge < -0.3 is 9.64 Å². The van der Waals surface area contributed by atoms with Crippen LogP contribution in [-0.4, -0.2) is 62.9 Å². The number of amides is 1. The number of carbonyl (C=O) groups is 1. The number of benzene rings is 3. The average molecular weight is 562 g/mol. The van der Waals surface area contributed by atoms with Crippen molar-refractivity contribution in [2.45, 2.75) is 26.0 Å². The van der Waals surface area contributed by atoms with Gasteiger partial charge in [0.1, 0.15) is 17.5 Å². The maximum atomic E-state index is 13.1. The summed E-state index contributed by atoms with van der Waals surface area (Å²) >= 11 is 1.47. The summed E-state index contributed by atoms with van der Waals surface area (Å²) < 4.78 is 7.80. The number of fused-ring (bicyclic) bond motifs is 1. The van der Waals surface area contributed by atoms with E-state index in [4.69, 9.17) is 9.84 Å². The molecule has 0 N–H and O–H groups in total. The molecule has 206 valence electrons. The zero-order valence-corrected chi connectivity index (χ0v) is 23.8. The minimum atomic E-state index is -0.189. The number of aromatic nitrogens is 2. The van der Waals surface area contributed by atoms with E-state index < -0.39 is 0 Å². The number of piperazine rings is 1. The standard InChI is InChI=1S/C33H31N5O2S/c1-23-18-26-19-25(12-13-29(26)40-23)31-27(22-38(35-31)28-10-6-3-7-11-28)20-30-32(39)34-33(41-30)37-16-14-36(15-17-37)21-24-8-4-2-5-9-24/h2-13,19-20,22-23H,14-18,21H2,1H3/b30-20-. The van der Waals surface area contributed by atoms with E-state index in [1.807, 2.05) is 53.4 Å². The molecule has 0 spiro atoms. The number of para-hydroxylation sites is 1. The lowest BCUT2D eigenvalue weighted by Crippen LogP contribution is -2.47. The van der Waals surface area contributed by atoms with E-state index >= 15 is 0 Å². The second-order valence-corrected chi connectivity index (χ2v) is 11.7. The maximum Gasteiger partial charge on any atom is 0.286 e. The largest absolute Gasteiger partial charge is 0.490 e. The van der Waals surface area contributed by atoms with Gasteiger partial charge in [-0.3, -0.25) is 9.69 Å². The Kier molecular flexibility index (Phi) is 6.94. The van der Waals surface area contributed by atoms with Crippen LogP contribution in [0.3, 0.4) is 0 Å². The zero-order valence-electron chi connectivity index (χ0n) is 22.9. The van der Waals surface area contributed by atoms with Gasteiger partial charge in [0.15, 0.2) is 5.17 Å². The highest BCUT2D eigenvalue weighted by molar-refractivity contribution is 8.18. The van der Waals surface area contributed by atoms with Gasteiger partial charge in [-0.25, -0.2) is 4.68 Å². The van der Waals surface area contributed by atoms with Crippen molar-refractivity contribution in [3.63, 3.8) is 0 Å². The zero-order chi connectivity index (χ0) is 27.8. The SMILES string of the molecule is CC1Cc2cc(-c3nn(-c4ccccc4)cc3/C=C3\SC(N4CCN(Cc5ccccc5)CC4)=NC3=O)ccc2O1. The molecule has 4 heterocycles. The van der Waals surface area contributed by atoms with E-state index in [0.717, 1.165) is 72.6 Å². The summed E-state index contributed by atoms with van der Waals surface area (Å²) in [7, 11) is 0. The van der Waals surface area contributed by atoms with Crippen molar-refractivity contribution in [2.75, 3.05) is 26.2 Å². The monoisotopic (exact) mass is 561 g/mol. The van der Waals surface area contributed by atoms with Crippen molar-refractivity contribution in [2.24, 2.45) is 4.99 Å². The molecule has 3 aliphatic heterocycles. The summed E-state index contributed by atoms with van der Waals surface area (Å²) in [4.78, 5) is 22.9. The Morgan fingerprint density at radius 1 is 0.976 bits per heavy atom. The first-order chi connectivity index (χ1) is 20.1. The molecule has 1 atom stereocenters. The van der Waals surface area contributed by atoms with E-state index in [2.05, 4.69) is 64.2 Å². The minimum Gasteiger partial charge on any atom is -0.490 e. The number of carbonyl (C=O) groups excluding carboxylic acids is 1. The second-order valence-electron chi connectivity index (χ2n) is 10.7. The Morgan fingerprint density at radius 3 is 2.51 bits per heavy atom. The van der Waals surface area contributed by atoms with Crippen molar-refractivity contribution in [1.82, 2.24) is 19.6 Å². The summed E-state index contributed by atoms with van der Waals surface area (Å²) in [5.41, 5.74) is 6.21. The lowest BCUT2D eigenvalue weighted by molar-refractivity contribution is -0.113. The van der Waals surface area contributed by atoms with E-state index in [0.29, 0.717) is 4.91 Å². The quantitative estimate of drug-likeness (QED) is 0.294. The summed E-state index contributed by atoms with van der Waals surface area (Å²) in [5, 5.41) is 5.76. The topological polar surface area (TPSA) is 63.0 Å². The van der Waals surface area contributed by atoms with Crippen LogP contribution in [0.2, 0.25) is 0 Å². The first-order valence-corrected chi connectivity index (χ1v) is 14.9. The number of ether oxygens (including phenoxy) is 1. The molecule has 1 fully saturated rings. The second kappa shape index (κ2) is 11.0. The van der Waals surface area contributed by atoms with Gasteiger partial charge in [0.05, 0.1) is 10.6 Å². The molecular weight excluding hydrogens is 530 g/mol. The number of thioether (sulfide) groups is 1. The van der Waals surface area contributed by atoms with Gasteiger partial charge in [0, 0.05) is 56.5 Å². The van der Waals surface area contributed by atoms with Crippen LogP contribution < -0.4 is 4.74 Å². The van der Waals surface area contributed by atoms with Gasteiger partial charge in [-0.1, -0.05) is 48.5 Å². The third-order valence-corrected chi connectivity index (χ3v) is 8.76. The fourth-order valence-electron chi connectivity index (χ4n) is 5.61. The summed E-state index contributed by atoms with van der Waals surface area (Å²) in [6, 6.07) is 26.9. The van der Waals surface area contributed by atoms with Crippen LogP contribution in [0.25, 0.3) is 23.0 Å². The molecule has 3 aliphatic rings. The molecule has 1 amide bonds. The van der Waals surface area contributed by atoms with Crippen molar-refractivity contribution >= 4 is 28.9 Å². The van der Waals surface area contributed by atoms with Crippen molar-refractivity contribution in [1.29, 1.82) is 0 Å². The van der Waals surface area contributed by atoms with Crippen LogP contribution in [0.4, 0.5) is 0 Å². The molecule has 0 bridgehead atoms. The first-order valence-electron chi connectivity index (χ1n) is 14.1. The van der Waals surface area contributed by atoms with Gasteiger partial charge in [-0.15, -0.1) is 0 Å². The van der Waals surface area contributed by atoms with Crippen LogP contribution >= 0.6 is 11.8 Å². The average Bonchev–Trinajstić information content (AvgIpc) is 3.70. The predicted octanol–water partition coefficient (Wildman–Crippen LogP) is 5.65. The van der Waals surface area contributed by atoms with Crippen LogP contribution in [-0.2, 0) is 17.8 Å². The smallest absolute Gasteiger partial charge is 0.286 e. The van der Waals surface area contributed by atoms with E-state index in [-0.39, 0.29) is 12.0 Å². The molecule has 0 saturated carbocycles. The van der Waals surface area contributed by atoms with Gasteiger partial charge in [0.25, 0.3) is 5.91 Å². The molecule has 0 radical (unpaired) electrons. The highest BCUT2D eigenvalue weighted by Gasteiger charge is 2.29. The van der Waals surface area contributed by atoms with Gasteiger partial charge in [-0.2, -0.15) is 10.1 Å². The molecule has 41 heavy (non-hydrogen) atoms. The normalized spacial score (nSPS) is 19.9. The highest BCUT2D eigenvalue weighted by Crippen LogP contribution is 2.36. The van der Waals surface area contributed by atoms with E-state index in [1.165, 1.54) is 22.9 Å². The summed E-state index contributed by atoms with van der Waals surface area (Å²) in [6.45, 7) is 6.62. The number of rotatable bonds is 5. The third kappa shape index (κ3) is 5.45. The minimum absolute atomic E-state index is 0.173. The Balaban J connectivity index is 1.12. The highest BCUT2D eigenvalue weighted by atomic mass is 32.2. The Morgan fingerprint density at radius 2 is 1.73 bits per heavy atom. The van der Waals surface area contributed by atoms with Gasteiger partial charge in [0.2, 0.25) is 0 Å². The molecule has 3 aromatic carbocycles. The van der Waals surface area contributed by atoms with Crippen LogP contribution in [0, 0.1) is 0 Å². The molecule has 1 unspecified atom stereocenters. The van der Waals surface area contributed by atoms with Crippen LogP contribution in [0.15, 0.2) is 95.0 Å².